The van der Waals surface area contributed by atoms with Crippen LogP contribution < -0.4 is 10.1 Å². The van der Waals surface area contributed by atoms with Gasteiger partial charge >= 0.3 is 0 Å². The number of nitrogens with zero attached hydrogens (tertiary/aromatic N) is 2. The number of ether oxygens (including phenoxy) is 1. The monoisotopic (exact) mass is 347 g/mol. The van der Waals surface area contributed by atoms with Gasteiger partial charge in [0.05, 0.1) is 17.5 Å². The van der Waals surface area contributed by atoms with Crippen LogP contribution in [0.4, 0.5) is 5.82 Å². The van der Waals surface area contributed by atoms with Gasteiger partial charge in [0.2, 0.25) is 0 Å². The Bertz CT molecular complexity index is 999. The second-order valence-electron chi connectivity index (χ2n) is 5.60. The molecule has 5 heteroatoms. The zero-order chi connectivity index (χ0) is 17.1. The van der Waals surface area contributed by atoms with Gasteiger partial charge < -0.3 is 10.1 Å². The molecule has 0 spiro atoms. The summed E-state index contributed by atoms with van der Waals surface area (Å²) in [5, 5.41) is 6.51. The van der Waals surface area contributed by atoms with Gasteiger partial charge in [-0.25, -0.2) is 9.97 Å². The minimum atomic E-state index is 0.669. The number of hydrogen-bond donors (Lipinski definition) is 1. The smallest absolute Gasteiger partial charge is 0.172 e. The fraction of sp³-hybridized carbons (Fsp3) is 0.100. The summed E-state index contributed by atoms with van der Waals surface area (Å²) >= 11 is 1.64. The van der Waals surface area contributed by atoms with Gasteiger partial charge in [0.25, 0.3) is 0 Å². The third kappa shape index (κ3) is 3.32. The number of para-hydroxylation sites is 1. The molecule has 2 aromatic heterocycles. The van der Waals surface area contributed by atoms with Gasteiger partial charge in [-0.05, 0) is 41.3 Å². The molecule has 0 saturated carbocycles. The van der Waals surface area contributed by atoms with Crippen molar-refractivity contribution in [1.82, 2.24) is 9.97 Å². The number of anilines is 1. The van der Waals surface area contributed by atoms with Crippen LogP contribution in [-0.2, 0) is 6.54 Å². The van der Waals surface area contributed by atoms with Gasteiger partial charge in [-0.2, -0.15) is 0 Å². The molecule has 0 unspecified atom stereocenters. The summed E-state index contributed by atoms with van der Waals surface area (Å²) in [6.07, 6.45) is 0. The van der Waals surface area contributed by atoms with E-state index in [-0.39, 0.29) is 0 Å². The molecule has 124 valence electrons. The summed E-state index contributed by atoms with van der Waals surface area (Å²) in [6.45, 7) is 0.669. The maximum atomic E-state index is 5.29. The predicted octanol–water partition coefficient (Wildman–Crippen LogP) is 4.98. The van der Waals surface area contributed by atoms with E-state index in [2.05, 4.69) is 11.4 Å². The Balaban J connectivity index is 1.70. The van der Waals surface area contributed by atoms with Crippen LogP contribution in [0, 0.1) is 0 Å². The van der Waals surface area contributed by atoms with E-state index in [1.54, 1.807) is 18.4 Å². The number of aromatic nitrogens is 2. The molecule has 4 nitrogen and oxygen atoms in total. The standard InChI is InChI=1S/C20H17N3OS/c1-24-15-7-4-6-14(12-15)13-21-19-16-8-2-3-9-17(16)22-20(23-19)18-10-5-11-25-18/h2-12H,13H2,1H3,(H,21,22,23). The van der Waals surface area contributed by atoms with Gasteiger partial charge in [0.1, 0.15) is 11.6 Å². The number of benzene rings is 2. The fourth-order valence-corrected chi connectivity index (χ4v) is 3.35. The highest BCUT2D eigenvalue weighted by molar-refractivity contribution is 7.13. The average Bonchev–Trinajstić information content (AvgIpc) is 3.21. The topological polar surface area (TPSA) is 47.0 Å². The van der Waals surface area contributed by atoms with Crippen molar-refractivity contribution in [3.05, 3.63) is 71.6 Å². The maximum Gasteiger partial charge on any atom is 0.172 e. The first-order valence-corrected chi connectivity index (χ1v) is 8.89. The zero-order valence-corrected chi connectivity index (χ0v) is 14.6. The molecule has 4 aromatic rings. The lowest BCUT2D eigenvalue weighted by molar-refractivity contribution is 0.414. The van der Waals surface area contributed by atoms with Gasteiger partial charge in [-0.1, -0.05) is 30.3 Å². The molecule has 2 aromatic carbocycles. The highest BCUT2D eigenvalue weighted by atomic mass is 32.1. The van der Waals surface area contributed by atoms with Crippen LogP contribution in [0.3, 0.4) is 0 Å². The lowest BCUT2D eigenvalue weighted by Crippen LogP contribution is -2.04. The highest BCUT2D eigenvalue weighted by Crippen LogP contribution is 2.27. The van der Waals surface area contributed by atoms with Crippen molar-refractivity contribution in [2.75, 3.05) is 12.4 Å². The van der Waals surface area contributed by atoms with Crippen molar-refractivity contribution < 1.29 is 4.74 Å². The first kappa shape index (κ1) is 15.6. The predicted molar refractivity (Wildman–Crippen MR) is 103 cm³/mol. The van der Waals surface area contributed by atoms with E-state index in [1.165, 1.54) is 0 Å². The minimum Gasteiger partial charge on any atom is -0.497 e. The number of methoxy groups -OCH3 is 1. The van der Waals surface area contributed by atoms with Gasteiger partial charge in [0, 0.05) is 11.9 Å². The van der Waals surface area contributed by atoms with Crippen molar-refractivity contribution in [3.8, 4) is 16.5 Å². The first-order chi connectivity index (χ1) is 12.3. The van der Waals surface area contributed by atoms with E-state index >= 15 is 0 Å². The van der Waals surface area contributed by atoms with E-state index in [9.17, 15) is 0 Å². The van der Waals surface area contributed by atoms with Crippen molar-refractivity contribution in [1.29, 1.82) is 0 Å². The largest absolute Gasteiger partial charge is 0.497 e. The van der Waals surface area contributed by atoms with Crippen LogP contribution in [0.5, 0.6) is 5.75 Å². The van der Waals surface area contributed by atoms with E-state index in [4.69, 9.17) is 14.7 Å². The quantitative estimate of drug-likeness (QED) is 0.553. The summed E-state index contributed by atoms with van der Waals surface area (Å²) in [6, 6.07) is 20.2. The summed E-state index contributed by atoms with van der Waals surface area (Å²) in [4.78, 5) is 10.5. The summed E-state index contributed by atoms with van der Waals surface area (Å²) < 4.78 is 5.29. The maximum absolute atomic E-state index is 5.29. The SMILES string of the molecule is COc1cccc(CNc2nc(-c3cccs3)nc3ccccc23)c1. The number of nitrogens with one attached hydrogen (secondary N) is 1. The Kier molecular flexibility index (Phi) is 4.31. The molecule has 0 atom stereocenters. The molecule has 1 N–H and O–H groups in total. The first-order valence-electron chi connectivity index (χ1n) is 8.01. The second kappa shape index (κ2) is 6.91. The number of rotatable bonds is 5. The molecule has 0 amide bonds. The van der Waals surface area contributed by atoms with Crippen LogP contribution >= 0.6 is 11.3 Å². The average molecular weight is 347 g/mol. The lowest BCUT2D eigenvalue weighted by Gasteiger charge is -2.11. The third-order valence-corrected chi connectivity index (χ3v) is 4.80. The van der Waals surface area contributed by atoms with Gasteiger partial charge in [0.15, 0.2) is 5.82 Å². The van der Waals surface area contributed by atoms with Crippen LogP contribution in [0.2, 0.25) is 0 Å². The van der Waals surface area contributed by atoms with Gasteiger partial charge in [-0.15, -0.1) is 11.3 Å². The molecule has 25 heavy (non-hydrogen) atoms. The molecular formula is C20H17N3OS. The van der Waals surface area contributed by atoms with Gasteiger partial charge in [-0.3, -0.25) is 0 Å². The Morgan fingerprint density at radius 1 is 1.00 bits per heavy atom. The lowest BCUT2D eigenvalue weighted by atomic mass is 10.2. The molecule has 0 fully saturated rings. The Morgan fingerprint density at radius 2 is 1.92 bits per heavy atom. The molecule has 0 saturated heterocycles. The van der Waals surface area contributed by atoms with Crippen molar-refractivity contribution in [2.24, 2.45) is 0 Å². The second-order valence-corrected chi connectivity index (χ2v) is 6.54. The molecule has 2 heterocycles. The Hall–Kier alpha value is -2.92. The van der Waals surface area contributed by atoms with E-state index in [1.807, 2.05) is 60.0 Å². The summed E-state index contributed by atoms with van der Waals surface area (Å²) in [5.74, 6) is 2.45. The van der Waals surface area contributed by atoms with Crippen LogP contribution in [-0.4, -0.2) is 17.1 Å². The molecule has 0 aliphatic carbocycles. The Morgan fingerprint density at radius 3 is 2.76 bits per heavy atom. The number of thiophene rings is 1. The molecule has 0 aliphatic heterocycles. The van der Waals surface area contributed by atoms with E-state index in [0.29, 0.717) is 6.54 Å². The summed E-state index contributed by atoms with van der Waals surface area (Å²) in [5.41, 5.74) is 2.08. The molecular weight excluding hydrogens is 330 g/mol. The highest BCUT2D eigenvalue weighted by Gasteiger charge is 2.10. The molecule has 0 radical (unpaired) electrons. The third-order valence-electron chi connectivity index (χ3n) is 3.94. The zero-order valence-electron chi connectivity index (χ0n) is 13.8. The molecule has 0 aliphatic rings. The summed E-state index contributed by atoms with van der Waals surface area (Å²) in [7, 11) is 1.68. The number of fused-ring (bicyclic) bond motifs is 1. The molecule has 4 rings (SSSR count). The van der Waals surface area contributed by atoms with Crippen LogP contribution in [0.25, 0.3) is 21.6 Å². The van der Waals surface area contributed by atoms with E-state index < -0.39 is 0 Å². The fourth-order valence-electron chi connectivity index (χ4n) is 2.70. The number of hydrogen-bond acceptors (Lipinski definition) is 5. The van der Waals surface area contributed by atoms with Crippen LogP contribution in [0.1, 0.15) is 5.56 Å². The van der Waals surface area contributed by atoms with Crippen molar-refractivity contribution in [3.63, 3.8) is 0 Å². The minimum absolute atomic E-state index is 0.669. The normalized spacial score (nSPS) is 10.8. The molecule has 0 bridgehead atoms. The van der Waals surface area contributed by atoms with Crippen LogP contribution in [0.15, 0.2) is 66.0 Å². The van der Waals surface area contributed by atoms with Crippen molar-refractivity contribution in [2.45, 2.75) is 6.54 Å². The van der Waals surface area contributed by atoms with E-state index in [0.717, 1.165) is 38.7 Å². The van der Waals surface area contributed by atoms with Crippen molar-refractivity contribution >= 4 is 28.1 Å². The Labute approximate surface area is 150 Å².